The van der Waals surface area contributed by atoms with Crippen LogP contribution < -0.4 is 5.32 Å². The fraction of sp³-hybridized carbons (Fsp3) is 0.556. The first-order valence-corrected chi connectivity index (χ1v) is 5.19. The summed E-state index contributed by atoms with van der Waals surface area (Å²) in [5.74, 6) is 0.700. The van der Waals surface area contributed by atoms with Crippen molar-refractivity contribution >= 4 is 29.0 Å². The highest BCUT2D eigenvalue weighted by Crippen LogP contribution is 2.46. The summed E-state index contributed by atoms with van der Waals surface area (Å²) in [6.45, 7) is 4.41. The van der Waals surface area contributed by atoms with Crippen molar-refractivity contribution in [3.05, 3.63) is 16.5 Å². The minimum atomic E-state index is 0.179. The number of nitrogens with zero attached hydrogens (tertiary/aromatic N) is 2. The predicted octanol–water partition coefficient (Wildman–Crippen LogP) is 2.99. The Morgan fingerprint density at radius 2 is 2.07 bits per heavy atom. The van der Waals surface area contributed by atoms with Gasteiger partial charge in [-0.05, 0) is 23.4 Å². The summed E-state index contributed by atoms with van der Waals surface area (Å²) in [6, 6.07) is 2.14. The zero-order chi connectivity index (χ0) is 10.3. The Morgan fingerprint density at radius 3 is 2.57 bits per heavy atom. The number of hydrogen-bond acceptors (Lipinski definition) is 3. The van der Waals surface area contributed by atoms with Crippen LogP contribution in [0.3, 0.4) is 0 Å². The SMILES string of the molecule is CC1(C)CC1Nc1cc(Cl)nc(Cl)n1. The minimum absolute atomic E-state index is 0.179. The Kier molecular flexibility index (Phi) is 2.32. The summed E-state index contributed by atoms with van der Waals surface area (Å²) in [5, 5.41) is 3.81. The standard InChI is InChI=1S/C9H11Cl2N3/c1-9(2)4-5(9)12-7-3-6(10)13-8(11)14-7/h3,5H,4H2,1-2H3,(H,12,13,14). The Bertz CT molecular complexity index is 345. The molecule has 3 nitrogen and oxygen atoms in total. The van der Waals surface area contributed by atoms with Gasteiger partial charge in [-0.1, -0.05) is 25.4 Å². The van der Waals surface area contributed by atoms with Crippen molar-refractivity contribution in [1.29, 1.82) is 0 Å². The molecule has 0 spiro atoms. The molecule has 0 aliphatic heterocycles. The molecule has 1 aliphatic carbocycles. The first-order chi connectivity index (χ1) is 6.47. The highest BCUT2D eigenvalue weighted by molar-refractivity contribution is 6.32. The molecule has 1 aromatic rings. The monoisotopic (exact) mass is 231 g/mol. The van der Waals surface area contributed by atoms with E-state index in [9.17, 15) is 0 Å². The molecule has 1 N–H and O–H groups in total. The maximum atomic E-state index is 5.75. The molecule has 0 amide bonds. The second-order valence-corrected chi connectivity index (χ2v) is 4.96. The van der Waals surface area contributed by atoms with E-state index in [-0.39, 0.29) is 5.28 Å². The smallest absolute Gasteiger partial charge is 0.225 e. The fourth-order valence-electron chi connectivity index (χ4n) is 1.36. The molecule has 0 aromatic carbocycles. The van der Waals surface area contributed by atoms with Gasteiger partial charge >= 0.3 is 0 Å². The molecule has 1 saturated carbocycles. The molecule has 1 atom stereocenters. The average molecular weight is 232 g/mol. The molecule has 0 bridgehead atoms. The first-order valence-electron chi connectivity index (χ1n) is 4.44. The Labute approximate surface area is 92.8 Å². The van der Waals surface area contributed by atoms with Crippen LogP contribution in [0, 0.1) is 5.41 Å². The number of hydrogen-bond donors (Lipinski definition) is 1. The van der Waals surface area contributed by atoms with Crippen LogP contribution in [0.2, 0.25) is 10.4 Å². The largest absolute Gasteiger partial charge is 0.367 e. The fourth-order valence-corrected chi connectivity index (χ4v) is 1.76. The normalized spacial score (nSPS) is 23.3. The molecule has 76 valence electrons. The third-order valence-electron chi connectivity index (χ3n) is 2.50. The zero-order valence-electron chi connectivity index (χ0n) is 8.01. The van der Waals surface area contributed by atoms with Gasteiger partial charge in [0, 0.05) is 12.1 Å². The van der Waals surface area contributed by atoms with Crippen molar-refractivity contribution in [1.82, 2.24) is 9.97 Å². The third kappa shape index (κ3) is 2.10. The lowest BCUT2D eigenvalue weighted by molar-refractivity contribution is 0.630. The van der Waals surface area contributed by atoms with E-state index in [1.807, 2.05) is 0 Å². The summed E-state index contributed by atoms with van der Waals surface area (Å²) in [6.07, 6.45) is 1.15. The minimum Gasteiger partial charge on any atom is -0.367 e. The molecule has 1 unspecified atom stereocenters. The summed E-state index contributed by atoms with van der Waals surface area (Å²) in [4.78, 5) is 7.82. The Balaban J connectivity index is 2.10. The lowest BCUT2D eigenvalue weighted by Crippen LogP contribution is -2.09. The van der Waals surface area contributed by atoms with Gasteiger partial charge in [-0.15, -0.1) is 0 Å². The number of rotatable bonds is 2. The lowest BCUT2D eigenvalue weighted by atomic mass is 10.2. The van der Waals surface area contributed by atoms with Gasteiger partial charge in [-0.2, -0.15) is 0 Å². The van der Waals surface area contributed by atoms with Gasteiger partial charge in [-0.3, -0.25) is 0 Å². The van der Waals surface area contributed by atoms with Crippen LogP contribution in [0.1, 0.15) is 20.3 Å². The van der Waals surface area contributed by atoms with Crippen molar-refractivity contribution in [3.63, 3.8) is 0 Å². The van der Waals surface area contributed by atoms with Crippen LogP contribution >= 0.6 is 23.2 Å². The van der Waals surface area contributed by atoms with Crippen LogP contribution in [-0.2, 0) is 0 Å². The van der Waals surface area contributed by atoms with Crippen molar-refractivity contribution in [2.24, 2.45) is 5.41 Å². The first kappa shape index (κ1) is 9.99. The second-order valence-electron chi connectivity index (χ2n) is 4.23. The quantitative estimate of drug-likeness (QED) is 0.629. The average Bonchev–Trinajstić information content (AvgIpc) is 2.55. The molecular formula is C9H11Cl2N3. The van der Waals surface area contributed by atoms with Crippen LogP contribution in [0.25, 0.3) is 0 Å². The molecular weight excluding hydrogens is 221 g/mol. The second kappa shape index (κ2) is 3.24. The molecule has 0 saturated heterocycles. The molecule has 1 aromatic heterocycles. The summed E-state index contributed by atoms with van der Waals surface area (Å²) in [5.41, 5.74) is 0.351. The topological polar surface area (TPSA) is 37.8 Å². The van der Waals surface area contributed by atoms with Gasteiger partial charge in [0.2, 0.25) is 5.28 Å². The maximum Gasteiger partial charge on any atom is 0.225 e. The van der Waals surface area contributed by atoms with Crippen molar-refractivity contribution in [3.8, 4) is 0 Å². The Morgan fingerprint density at radius 1 is 1.43 bits per heavy atom. The third-order valence-corrected chi connectivity index (χ3v) is 2.87. The van der Waals surface area contributed by atoms with Crippen LogP contribution in [0.5, 0.6) is 0 Å². The van der Waals surface area contributed by atoms with E-state index in [1.165, 1.54) is 0 Å². The molecule has 1 aliphatic rings. The Hall–Kier alpha value is -0.540. The molecule has 1 fully saturated rings. The van der Waals surface area contributed by atoms with E-state index >= 15 is 0 Å². The van der Waals surface area contributed by atoms with Crippen molar-refractivity contribution < 1.29 is 0 Å². The van der Waals surface area contributed by atoms with Crippen LogP contribution in [0.4, 0.5) is 5.82 Å². The zero-order valence-corrected chi connectivity index (χ0v) is 9.52. The predicted molar refractivity (Wildman–Crippen MR) is 57.9 cm³/mol. The molecule has 1 heterocycles. The van der Waals surface area contributed by atoms with E-state index in [0.29, 0.717) is 22.4 Å². The van der Waals surface area contributed by atoms with E-state index in [0.717, 1.165) is 6.42 Å². The van der Waals surface area contributed by atoms with Crippen molar-refractivity contribution in [2.75, 3.05) is 5.32 Å². The molecule has 5 heteroatoms. The molecule has 14 heavy (non-hydrogen) atoms. The lowest BCUT2D eigenvalue weighted by Gasteiger charge is -2.07. The molecule has 0 radical (unpaired) electrons. The van der Waals surface area contributed by atoms with Gasteiger partial charge in [-0.25, -0.2) is 9.97 Å². The highest BCUT2D eigenvalue weighted by atomic mass is 35.5. The number of aromatic nitrogens is 2. The van der Waals surface area contributed by atoms with Gasteiger partial charge in [0.15, 0.2) is 0 Å². The van der Waals surface area contributed by atoms with Gasteiger partial charge in [0.25, 0.3) is 0 Å². The molecule has 2 rings (SSSR count). The van der Waals surface area contributed by atoms with Crippen LogP contribution in [0.15, 0.2) is 6.07 Å². The maximum absolute atomic E-state index is 5.75. The van der Waals surface area contributed by atoms with Crippen molar-refractivity contribution in [2.45, 2.75) is 26.3 Å². The summed E-state index contributed by atoms with van der Waals surface area (Å²) in [7, 11) is 0. The van der Waals surface area contributed by atoms with Gasteiger partial charge < -0.3 is 5.32 Å². The summed E-state index contributed by atoms with van der Waals surface area (Å²) < 4.78 is 0. The van der Waals surface area contributed by atoms with E-state index < -0.39 is 0 Å². The number of anilines is 1. The van der Waals surface area contributed by atoms with E-state index in [2.05, 4.69) is 29.1 Å². The highest BCUT2D eigenvalue weighted by Gasteiger charge is 2.45. The van der Waals surface area contributed by atoms with E-state index in [4.69, 9.17) is 23.2 Å². The number of nitrogens with one attached hydrogen (secondary N) is 1. The van der Waals surface area contributed by atoms with Gasteiger partial charge in [0.05, 0.1) is 0 Å². The van der Waals surface area contributed by atoms with Gasteiger partial charge in [0.1, 0.15) is 11.0 Å². The summed E-state index contributed by atoms with van der Waals surface area (Å²) >= 11 is 11.4. The number of halogens is 2. The van der Waals surface area contributed by atoms with E-state index in [1.54, 1.807) is 6.07 Å². The van der Waals surface area contributed by atoms with Crippen LogP contribution in [-0.4, -0.2) is 16.0 Å².